The van der Waals surface area contributed by atoms with Gasteiger partial charge in [0.2, 0.25) is 0 Å². The summed E-state index contributed by atoms with van der Waals surface area (Å²) in [5, 5.41) is 0. The van der Waals surface area contributed by atoms with Crippen molar-refractivity contribution in [2.45, 2.75) is 26.7 Å². The van der Waals surface area contributed by atoms with Gasteiger partial charge in [-0.25, -0.2) is 0 Å². The molecule has 0 aromatic heterocycles. The number of hydrogen-bond acceptors (Lipinski definition) is 4. The van der Waals surface area contributed by atoms with E-state index in [1.165, 1.54) is 14.2 Å². The van der Waals surface area contributed by atoms with Crippen molar-refractivity contribution in [2.75, 3.05) is 14.2 Å². The smallest absolute Gasteiger partial charge is 0.325 e. The third-order valence-corrected chi connectivity index (χ3v) is 4.75. The van der Waals surface area contributed by atoms with E-state index in [9.17, 15) is 9.59 Å². The number of hydrogen-bond donors (Lipinski definition) is 0. The molecule has 0 fully saturated rings. The number of carbonyl (C=O) groups is 2. The first-order valence-corrected chi connectivity index (χ1v) is 10.2. The Kier molecular flexibility index (Phi) is 9.40. The zero-order valence-electron chi connectivity index (χ0n) is 19.2. The van der Waals surface area contributed by atoms with E-state index in [1.54, 1.807) is 0 Å². The second-order valence-corrected chi connectivity index (χ2v) is 7.25. The lowest BCUT2D eigenvalue weighted by molar-refractivity contribution is -0.168. The second-order valence-electron chi connectivity index (χ2n) is 7.25. The number of rotatable bonds is 4. The maximum atomic E-state index is 12.5. The normalized spacial score (nSPS) is 9.33. The van der Waals surface area contributed by atoms with Gasteiger partial charge in [-0.3, -0.25) is 9.59 Å². The number of carbonyl (C=O) groups excluding carboxylic acids is 2. The van der Waals surface area contributed by atoms with Crippen LogP contribution in [0.1, 0.15) is 35.1 Å². The van der Waals surface area contributed by atoms with Gasteiger partial charge in [-0.05, 0) is 61.8 Å². The van der Waals surface area contributed by atoms with Gasteiger partial charge in [0, 0.05) is 24.0 Å². The third kappa shape index (κ3) is 7.36. The Balaban J connectivity index is 2.22. The summed E-state index contributed by atoms with van der Waals surface area (Å²) < 4.78 is 9.73. The van der Waals surface area contributed by atoms with Gasteiger partial charge >= 0.3 is 11.9 Å². The molecule has 0 bridgehead atoms. The van der Waals surface area contributed by atoms with Crippen molar-refractivity contribution in [1.29, 1.82) is 0 Å². The molecule has 0 saturated carbocycles. The molecule has 0 saturated heterocycles. The Labute approximate surface area is 195 Å². The van der Waals surface area contributed by atoms with E-state index in [1.807, 2.05) is 62.4 Å². The fourth-order valence-corrected chi connectivity index (χ4v) is 2.78. The number of esters is 2. The third-order valence-electron chi connectivity index (χ3n) is 4.75. The maximum Gasteiger partial charge on any atom is 0.325 e. The van der Waals surface area contributed by atoms with Crippen molar-refractivity contribution in [3.63, 3.8) is 0 Å². The van der Waals surface area contributed by atoms with Crippen LogP contribution in [0.25, 0.3) is 0 Å². The molecule has 2 rings (SSSR count). The second kappa shape index (κ2) is 12.5. The molecule has 33 heavy (non-hydrogen) atoms. The van der Waals surface area contributed by atoms with Crippen LogP contribution >= 0.6 is 0 Å². The van der Waals surface area contributed by atoms with Crippen molar-refractivity contribution in [1.82, 2.24) is 0 Å². The van der Waals surface area contributed by atoms with Crippen LogP contribution in [0.15, 0.2) is 48.5 Å². The van der Waals surface area contributed by atoms with Crippen LogP contribution in [-0.4, -0.2) is 26.2 Å². The maximum absolute atomic E-state index is 12.5. The van der Waals surface area contributed by atoms with Crippen LogP contribution in [0.5, 0.6) is 0 Å². The van der Waals surface area contributed by atoms with Crippen LogP contribution in [0.3, 0.4) is 0 Å². The van der Waals surface area contributed by atoms with Crippen LogP contribution in [0.2, 0.25) is 0 Å². The molecule has 2 aromatic rings. The molecule has 0 spiro atoms. The van der Waals surface area contributed by atoms with Gasteiger partial charge in [0.1, 0.15) is 0 Å². The minimum atomic E-state index is -1.68. The van der Waals surface area contributed by atoms with Gasteiger partial charge in [0.05, 0.1) is 14.2 Å². The van der Waals surface area contributed by atoms with Crippen molar-refractivity contribution in [3.05, 3.63) is 70.8 Å². The van der Waals surface area contributed by atoms with E-state index < -0.39 is 17.4 Å². The van der Waals surface area contributed by atoms with Gasteiger partial charge in [-0.2, -0.15) is 0 Å². The summed E-state index contributed by atoms with van der Waals surface area (Å²) in [7, 11) is 2.41. The minimum absolute atomic E-state index is 0.144. The molecule has 4 heteroatoms. The predicted octanol–water partition coefficient (Wildman–Crippen LogP) is 3.83. The zero-order valence-corrected chi connectivity index (χ0v) is 19.2. The van der Waals surface area contributed by atoms with E-state index in [2.05, 4.69) is 47.4 Å². The van der Waals surface area contributed by atoms with Crippen molar-refractivity contribution >= 4 is 11.9 Å². The summed E-state index contributed by atoms with van der Waals surface area (Å²) in [6, 6.07) is 15.4. The first kappa shape index (κ1) is 24.9. The number of benzene rings is 2. The topological polar surface area (TPSA) is 52.6 Å². The standard InChI is InChI=1S/C29H24O4/c1-23-13-17-25(18-14-23)11-7-5-9-21-29(27(30)32-3,28(31)33-4)22-10-6-8-12-26-19-15-24(2)16-20-26/h13-20H,21-22H2,1-4H3. The Morgan fingerprint density at radius 2 is 1.03 bits per heavy atom. The number of methoxy groups -OCH3 is 2. The highest BCUT2D eigenvalue weighted by Gasteiger charge is 2.47. The minimum Gasteiger partial charge on any atom is -0.468 e. The van der Waals surface area contributed by atoms with E-state index >= 15 is 0 Å². The number of aryl methyl sites for hydroxylation is 2. The molecule has 0 heterocycles. The first-order valence-electron chi connectivity index (χ1n) is 10.2. The summed E-state index contributed by atoms with van der Waals surface area (Å²) in [6.07, 6.45) is -0.288. The van der Waals surface area contributed by atoms with Crippen molar-refractivity contribution in [3.8, 4) is 47.4 Å². The van der Waals surface area contributed by atoms with E-state index in [-0.39, 0.29) is 12.8 Å². The monoisotopic (exact) mass is 436 g/mol. The number of ether oxygens (including phenoxy) is 2. The Morgan fingerprint density at radius 1 is 0.667 bits per heavy atom. The molecule has 0 atom stereocenters. The molecule has 4 nitrogen and oxygen atoms in total. The van der Waals surface area contributed by atoms with E-state index in [0.717, 1.165) is 22.3 Å². The molecular formula is C29H24O4. The summed E-state index contributed by atoms with van der Waals surface area (Å²) >= 11 is 0. The molecule has 0 aliphatic rings. The van der Waals surface area contributed by atoms with Gasteiger partial charge in [0.15, 0.2) is 5.41 Å². The Morgan fingerprint density at radius 3 is 1.36 bits per heavy atom. The summed E-state index contributed by atoms with van der Waals surface area (Å²) in [6.45, 7) is 3.99. The van der Waals surface area contributed by atoms with Crippen LogP contribution < -0.4 is 0 Å². The average Bonchev–Trinajstić information content (AvgIpc) is 2.83. The SMILES string of the molecule is COC(=O)C(CC#CC#Cc1ccc(C)cc1)(CC#CC#Cc1ccc(C)cc1)C(=O)OC. The van der Waals surface area contributed by atoms with Crippen LogP contribution in [0.4, 0.5) is 0 Å². The highest BCUT2D eigenvalue weighted by atomic mass is 16.5. The lowest BCUT2D eigenvalue weighted by Gasteiger charge is -2.23. The fraction of sp³-hybridized carbons (Fsp3) is 0.241. The largest absolute Gasteiger partial charge is 0.468 e. The Hall–Kier alpha value is -4.38. The van der Waals surface area contributed by atoms with E-state index in [4.69, 9.17) is 9.47 Å². The summed E-state index contributed by atoms with van der Waals surface area (Å²) in [5.74, 6) is 20.7. The molecule has 0 radical (unpaired) electrons. The molecule has 0 aliphatic carbocycles. The summed E-state index contributed by atoms with van der Waals surface area (Å²) in [4.78, 5) is 25.1. The molecule has 0 aliphatic heterocycles. The quantitative estimate of drug-likeness (QED) is 0.415. The molecule has 0 unspecified atom stereocenters. The molecule has 2 aromatic carbocycles. The van der Waals surface area contributed by atoms with Crippen molar-refractivity contribution in [2.24, 2.45) is 5.41 Å². The molecule has 0 amide bonds. The zero-order chi connectivity index (χ0) is 24.1. The highest BCUT2D eigenvalue weighted by Crippen LogP contribution is 2.29. The van der Waals surface area contributed by atoms with Crippen molar-refractivity contribution < 1.29 is 19.1 Å². The summed E-state index contributed by atoms with van der Waals surface area (Å²) in [5.41, 5.74) is 2.23. The van der Waals surface area contributed by atoms with Gasteiger partial charge < -0.3 is 9.47 Å². The van der Waals surface area contributed by atoms with Crippen LogP contribution in [-0.2, 0) is 19.1 Å². The molecule has 164 valence electrons. The lowest BCUT2D eigenvalue weighted by Crippen LogP contribution is -2.40. The van der Waals surface area contributed by atoms with Gasteiger partial charge in [-0.1, -0.05) is 59.1 Å². The predicted molar refractivity (Wildman–Crippen MR) is 127 cm³/mol. The average molecular weight is 437 g/mol. The van der Waals surface area contributed by atoms with Gasteiger partial charge in [0.25, 0.3) is 0 Å². The Bertz CT molecular complexity index is 1140. The fourth-order valence-electron chi connectivity index (χ4n) is 2.78. The lowest BCUT2D eigenvalue weighted by atomic mass is 9.81. The highest BCUT2D eigenvalue weighted by molar-refractivity contribution is 6.00. The van der Waals surface area contributed by atoms with Gasteiger partial charge in [-0.15, -0.1) is 0 Å². The molecule has 0 N–H and O–H groups in total. The molecular weight excluding hydrogens is 412 g/mol. The van der Waals surface area contributed by atoms with Crippen LogP contribution in [0, 0.1) is 66.6 Å². The first-order chi connectivity index (χ1) is 15.9. The van der Waals surface area contributed by atoms with E-state index in [0.29, 0.717) is 0 Å².